The number of nitrogens with zero attached hydrogens (tertiary/aromatic N) is 3. The zero-order chi connectivity index (χ0) is 12.4. The lowest BCUT2D eigenvalue weighted by atomic mass is 10.1. The molecule has 2 rings (SSSR count). The Morgan fingerprint density at radius 1 is 1.29 bits per heavy atom. The van der Waals surface area contributed by atoms with Crippen molar-refractivity contribution in [2.24, 2.45) is 0 Å². The number of pyridine rings is 1. The van der Waals surface area contributed by atoms with E-state index in [1.165, 1.54) is 18.3 Å². The maximum Gasteiger partial charge on any atom is 0.147 e. The lowest BCUT2D eigenvalue weighted by molar-refractivity contribution is 0.195. The zero-order valence-corrected chi connectivity index (χ0v) is 9.71. The van der Waals surface area contributed by atoms with E-state index in [0.29, 0.717) is 5.69 Å². The number of rotatable bonds is 3. The van der Waals surface area contributed by atoms with E-state index in [1.807, 2.05) is 13.8 Å². The molecule has 17 heavy (non-hydrogen) atoms. The number of halogens is 1. The van der Waals surface area contributed by atoms with Crippen molar-refractivity contribution < 1.29 is 9.50 Å². The molecule has 0 saturated heterocycles. The molecule has 1 atom stereocenters. The topological polar surface area (TPSA) is 50.9 Å². The van der Waals surface area contributed by atoms with Crippen LogP contribution in [0, 0.1) is 5.82 Å². The molecular formula is C12H14FN3O. The molecule has 0 amide bonds. The third-order valence-electron chi connectivity index (χ3n) is 2.52. The summed E-state index contributed by atoms with van der Waals surface area (Å²) in [5.41, 5.74) is 0.563. The van der Waals surface area contributed by atoms with Crippen molar-refractivity contribution in [3.05, 3.63) is 47.8 Å². The van der Waals surface area contributed by atoms with Crippen molar-refractivity contribution in [1.29, 1.82) is 0 Å². The number of aliphatic hydroxyl groups is 1. The Hall–Kier alpha value is -1.75. The molecule has 1 unspecified atom stereocenters. The van der Waals surface area contributed by atoms with Gasteiger partial charge in [0.2, 0.25) is 0 Å². The lowest BCUT2D eigenvalue weighted by Gasteiger charge is -2.15. The van der Waals surface area contributed by atoms with Gasteiger partial charge in [-0.15, -0.1) is 0 Å². The van der Waals surface area contributed by atoms with Crippen LogP contribution in [0.15, 0.2) is 30.6 Å². The normalized spacial score (nSPS) is 13.0. The van der Waals surface area contributed by atoms with E-state index in [1.54, 1.807) is 16.9 Å². The van der Waals surface area contributed by atoms with Crippen LogP contribution in [0.1, 0.15) is 37.4 Å². The maximum absolute atomic E-state index is 13.5. The molecular weight excluding hydrogens is 221 g/mol. The van der Waals surface area contributed by atoms with E-state index in [4.69, 9.17) is 0 Å². The summed E-state index contributed by atoms with van der Waals surface area (Å²) in [4.78, 5) is 3.87. The quantitative estimate of drug-likeness (QED) is 0.886. The second-order valence-corrected chi connectivity index (χ2v) is 4.07. The van der Waals surface area contributed by atoms with Gasteiger partial charge in [0.25, 0.3) is 0 Å². The van der Waals surface area contributed by atoms with Crippen LogP contribution in [0.3, 0.4) is 0 Å². The van der Waals surface area contributed by atoms with Crippen LogP contribution >= 0.6 is 0 Å². The van der Waals surface area contributed by atoms with Gasteiger partial charge in [-0.3, -0.25) is 9.67 Å². The first-order valence-electron chi connectivity index (χ1n) is 5.43. The average Bonchev–Trinajstić information content (AvgIpc) is 2.77. The minimum atomic E-state index is -1.10. The predicted molar refractivity (Wildman–Crippen MR) is 60.9 cm³/mol. The van der Waals surface area contributed by atoms with Gasteiger partial charge in [-0.2, -0.15) is 5.10 Å². The fourth-order valence-corrected chi connectivity index (χ4v) is 1.71. The highest BCUT2D eigenvalue weighted by molar-refractivity contribution is 5.20. The minimum Gasteiger partial charge on any atom is -0.380 e. The highest BCUT2D eigenvalue weighted by atomic mass is 19.1. The lowest BCUT2D eigenvalue weighted by Crippen LogP contribution is -2.14. The van der Waals surface area contributed by atoms with Gasteiger partial charge in [0.15, 0.2) is 0 Å². The number of hydrogen-bond donors (Lipinski definition) is 1. The summed E-state index contributed by atoms with van der Waals surface area (Å²) in [6, 6.07) is 4.53. The molecule has 0 saturated carbocycles. The highest BCUT2D eigenvalue weighted by Gasteiger charge is 2.20. The van der Waals surface area contributed by atoms with Crippen molar-refractivity contribution >= 4 is 0 Å². The van der Waals surface area contributed by atoms with Crippen molar-refractivity contribution in [2.45, 2.75) is 26.0 Å². The smallest absolute Gasteiger partial charge is 0.147 e. The molecule has 0 aliphatic heterocycles. The van der Waals surface area contributed by atoms with Crippen molar-refractivity contribution in [3.63, 3.8) is 0 Å². The summed E-state index contributed by atoms with van der Waals surface area (Å²) in [5.74, 6) is -0.517. The Balaban J connectivity index is 2.41. The van der Waals surface area contributed by atoms with Crippen LogP contribution in [-0.4, -0.2) is 19.9 Å². The standard InChI is InChI=1S/C12H14FN3O/c1-8(2)16-10(5-7-15-16)12(17)11-9(13)4-3-6-14-11/h3-8,12,17H,1-2H3. The number of hydrogen-bond acceptors (Lipinski definition) is 3. The van der Waals surface area contributed by atoms with Gasteiger partial charge in [0, 0.05) is 18.4 Å². The fraction of sp³-hybridized carbons (Fsp3) is 0.333. The summed E-state index contributed by atoms with van der Waals surface area (Å²) in [5, 5.41) is 14.2. The van der Waals surface area contributed by atoms with Gasteiger partial charge < -0.3 is 5.11 Å². The maximum atomic E-state index is 13.5. The molecule has 2 aromatic heterocycles. The molecule has 0 fully saturated rings. The molecule has 0 radical (unpaired) electrons. The van der Waals surface area contributed by atoms with Gasteiger partial charge in [0.05, 0.1) is 5.69 Å². The molecule has 0 spiro atoms. The van der Waals surface area contributed by atoms with Crippen LogP contribution in [0.4, 0.5) is 4.39 Å². The van der Waals surface area contributed by atoms with Gasteiger partial charge in [0.1, 0.15) is 17.6 Å². The molecule has 5 heteroatoms. The van der Waals surface area contributed by atoms with Gasteiger partial charge in [-0.05, 0) is 32.0 Å². The van der Waals surface area contributed by atoms with Crippen LogP contribution in [-0.2, 0) is 0 Å². The molecule has 90 valence electrons. The fourth-order valence-electron chi connectivity index (χ4n) is 1.71. The van der Waals surface area contributed by atoms with Crippen LogP contribution in [0.25, 0.3) is 0 Å². The second-order valence-electron chi connectivity index (χ2n) is 4.07. The monoisotopic (exact) mass is 235 g/mol. The van der Waals surface area contributed by atoms with E-state index >= 15 is 0 Å². The second kappa shape index (κ2) is 4.63. The van der Waals surface area contributed by atoms with E-state index in [0.717, 1.165) is 0 Å². The summed E-state index contributed by atoms with van der Waals surface area (Å²) < 4.78 is 15.2. The van der Waals surface area contributed by atoms with E-state index in [9.17, 15) is 9.50 Å². The molecule has 0 aliphatic carbocycles. The SMILES string of the molecule is CC(C)n1nccc1C(O)c1ncccc1F. The first-order chi connectivity index (χ1) is 8.11. The molecule has 0 aliphatic rings. The van der Waals surface area contributed by atoms with Crippen molar-refractivity contribution in [1.82, 2.24) is 14.8 Å². The third-order valence-corrected chi connectivity index (χ3v) is 2.52. The minimum absolute atomic E-state index is 0.0231. The summed E-state index contributed by atoms with van der Waals surface area (Å²) >= 11 is 0. The summed E-state index contributed by atoms with van der Waals surface area (Å²) in [6.45, 7) is 3.88. The van der Waals surface area contributed by atoms with Gasteiger partial charge in [-0.25, -0.2) is 4.39 Å². The molecule has 0 bridgehead atoms. The van der Waals surface area contributed by atoms with Crippen molar-refractivity contribution in [2.75, 3.05) is 0 Å². The van der Waals surface area contributed by atoms with E-state index < -0.39 is 11.9 Å². The Bertz CT molecular complexity index is 510. The predicted octanol–water partition coefficient (Wildman–Crippen LogP) is 2.08. The molecule has 0 aromatic carbocycles. The molecule has 1 N–H and O–H groups in total. The molecule has 2 heterocycles. The van der Waals surface area contributed by atoms with Gasteiger partial charge >= 0.3 is 0 Å². The Morgan fingerprint density at radius 3 is 2.71 bits per heavy atom. The highest BCUT2D eigenvalue weighted by Crippen LogP contribution is 2.23. The Morgan fingerprint density at radius 2 is 2.06 bits per heavy atom. The van der Waals surface area contributed by atoms with Crippen LogP contribution in [0.5, 0.6) is 0 Å². The first-order valence-corrected chi connectivity index (χ1v) is 5.43. The van der Waals surface area contributed by atoms with Crippen LogP contribution in [0.2, 0.25) is 0 Å². The molecule has 4 nitrogen and oxygen atoms in total. The summed E-state index contributed by atoms with van der Waals surface area (Å²) in [6.07, 6.45) is 1.94. The van der Waals surface area contributed by atoms with Crippen LogP contribution < -0.4 is 0 Å². The van der Waals surface area contributed by atoms with Gasteiger partial charge in [-0.1, -0.05) is 0 Å². The first kappa shape index (κ1) is 11.7. The number of aliphatic hydroxyl groups excluding tert-OH is 1. The number of aromatic nitrogens is 3. The average molecular weight is 235 g/mol. The Kier molecular flexibility index (Phi) is 3.19. The largest absolute Gasteiger partial charge is 0.380 e. The Labute approximate surface area is 98.7 Å². The third kappa shape index (κ3) is 2.19. The van der Waals surface area contributed by atoms with E-state index in [-0.39, 0.29) is 11.7 Å². The summed E-state index contributed by atoms with van der Waals surface area (Å²) in [7, 11) is 0. The molecule has 2 aromatic rings. The van der Waals surface area contributed by atoms with Crippen molar-refractivity contribution in [3.8, 4) is 0 Å². The zero-order valence-electron chi connectivity index (χ0n) is 9.71. The van der Waals surface area contributed by atoms with E-state index in [2.05, 4.69) is 10.1 Å².